The Morgan fingerprint density at radius 3 is 2.30 bits per heavy atom. The van der Waals surface area contributed by atoms with E-state index in [0.717, 1.165) is 29.4 Å². The summed E-state index contributed by atoms with van der Waals surface area (Å²) < 4.78 is 2.10. The molecule has 4 nitrogen and oxygen atoms in total. The molecule has 0 radical (unpaired) electrons. The van der Waals surface area contributed by atoms with Crippen LogP contribution in [0, 0.1) is 12.8 Å². The summed E-state index contributed by atoms with van der Waals surface area (Å²) in [6.45, 7) is 7.28. The number of nitrogens with zero attached hydrogens (tertiary/aromatic N) is 3. The molecule has 0 aliphatic carbocycles. The van der Waals surface area contributed by atoms with E-state index >= 15 is 0 Å². The van der Waals surface area contributed by atoms with Crippen LogP contribution in [0.15, 0.2) is 24.3 Å². The summed E-state index contributed by atoms with van der Waals surface area (Å²) in [5, 5.41) is 0. The number of nitrogen functional groups attached to an aromatic ring is 1. The summed E-state index contributed by atoms with van der Waals surface area (Å²) in [7, 11) is 4.07. The Morgan fingerprint density at radius 1 is 1.20 bits per heavy atom. The third kappa shape index (κ3) is 2.79. The predicted molar refractivity (Wildman–Crippen MR) is 86.0 cm³/mol. The normalized spacial score (nSPS) is 11.1. The van der Waals surface area contributed by atoms with E-state index in [-0.39, 0.29) is 0 Å². The molecule has 0 bridgehead atoms. The Bertz CT molecular complexity index is 579. The van der Waals surface area contributed by atoms with Crippen molar-refractivity contribution in [2.45, 2.75) is 27.3 Å². The molecule has 0 spiro atoms. The van der Waals surface area contributed by atoms with Crippen LogP contribution >= 0.6 is 0 Å². The Morgan fingerprint density at radius 2 is 1.80 bits per heavy atom. The second-order valence-electron chi connectivity index (χ2n) is 5.84. The van der Waals surface area contributed by atoms with E-state index in [1.54, 1.807) is 0 Å². The van der Waals surface area contributed by atoms with Gasteiger partial charge in [0, 0.05) is 31.9 Å². The fraction of sp³-hybridized carbons (Fsp3) is 0.438. The molecule has 0 aliphatic heterocycles. The molecule has 1 aromatic carbocycles. The first-order chi connectivity index (χ1) is 9.40. The van der Waals surface area contributed by atoms with Crippen LogP contribution in [0.25, 0.3) is 11.3 Å². The lowest BCUT2D eigenvalue weighted by Gasteiger charge is -2.12. The topological polar surface area (TPSA) is 47.1 Å². The van der Waals surface area contributed by atoms with Crippen LogP contribution < -0.4 is 10.6 Å². The molecule has 108 valence electrons. The maximum Gasteiger partial charge on any atom is 0.131 e. The van der Waals surface area contributed by atoms with Crippen LogP contribution in [0.1, 0.15) is 19.7 Å². The highest BCUT2D eigenvalue weighted by Gasteiger charge is 2.14. The summed E-state index contributed by atoms with van der Waals surface area (Å²) in [6, 6.07) is 8.33. The zero-order valence-corrected chi connectivity index (χ0v) is 13.0. The molecule has 0 saturated heterocycles. The summed E-state index contributed by atoms with van der Waals surface area (Å²) in [5.74, 6) is 2.28. The van der Waals surface area contributed by atoms with E-state index in [1.807, 2.05) is 21.0 Å². The van der Waals surface area contributed by atoms with Crippen LogP contribution in [-0.2, 0) is 6.54 Å². The van der Waals surface area contributed by atoms with E-state index in [9.17, 15) is 0 Å². The highest BCUT2D eigenvalue weighted by atomic mass is 15.1. The van der Waals surface area contributed by atoms with Gasteiger partial charge < -0.3 is 15.2 Å². The van der Waals surface area contributed by atoms with Crippen molar-refractivity contribution < 1.29 is 0 Å². The number of aromatic nitrogens is 2. The number of hydrogen-bond acceptors (Lipinski definition) is 3. The third-order valence-electron chi connectivity index (χ3n) is 3.40. The van der Waals surface area contributed by atoms with Crippen LogP contribution in [0.5, 0.6) is 0 Å². The van der Waals surface area contributed by atoms with Crippen molar-refractivity contribution in [1.82, 2.24) is 9.55 Å². The maximum atomic E-state index is 6.27. The molecule has 2 rings (SSSR count). The summed E-state index contributed by atoms with van der Waals surface area (Å²) >= 11 is 0. The molecule has 0 unspecified atom stereocenters. The first-order valence-electron chi connectivity index (χ1n) is 7.00. The number of benzene rings is 1. The van der Waals surface area contributed by atoms with Gasteiger partial charge in [-0.3, -0.25) is 0 Å². The zero-order chi connectivity index (χ0) is 14.9. The quantitative estimate of drug-likeness (QED) is 0.930. The lowest BCUT2D eigenvalue weighted by atomic mass is 10.1. The minimum atomic E-state index is 0.550. The van der Waals surface area contributed by atoms with Gasteiger partial charge in [-0.1, -0.05) is 26.0 Å². The molecule has 0 amide bonds. The second kappa shape index (κ2) is 5.57. The van der Waals surface area contributed by atoms with E-state index in [1.165, 1.54) is 5.69 Å². The van der Waals surface area contributed by atoms with Crippen molar-refractivity contribution in [1.29, 1.82) is 0 Å². The van der Waals surface area contributed by atoms with Gasteiger partial charge in [0.25, 0.3) is 0 Å². The van der Waals surface area contributed by atoms with Gasteiger partial charge in [0.1, 0.15) is 17.3 Å². The number of rotatable bonds is 4. The van der Waals surface area contributed by atoms with Gasteiger partial charge >= 0.3 is 0 Å². The molecule has 2 aromatic rings. The largest absolute Gasteiger partial charge is 0.383 e. The molecular formula is C16H24N4. The zero-order valence-electron chi connectivity index (χ0n) is 13.0. The van der Waals surface area contributed by atoms with Crippen LogP contribution in [-0.4, -0.2) is 23.6 Å². The van der Waals surface area contributed by atoms with E-state index in [4.69, 9.17) is 5.73 Å². The Balaban J connectivity index is 2.38. The fourth-order valence-electron chi connectivity index (χ4n) is 2.31. The molecule has 1 heterocycles. The minimum absolute atomic E-state index is 0.550. The Labute approximate surface area is 121 Å². The van der Waals surface area contributed by atoms with Gasteiger partial charge in [-0.2, -0.15) is 0 Å². The highest BCUT2D eigenvalue weighted by molar-refractivity contribution is 5.72. The minimum Gasteiger partial charge on any atom is -0.383 e. The van der Waals surface area contributed by atoms with Gasteiger partial charge in [0.2, 0.25) is 0 Å². The monoisotopic (exact) mass is 272 g/mol. The fourth-order valence-corrected chi connectivity index (χ4v) is 2.31. The molecule has 20 heavy (non-hydrogen) atoms. The van der Waals surface area contributed by atoms with Crippen molar-refractivity contribution in [3.05, 3.63) is 30.1 Å². The van der Waals surface area contributed by atoms with Crippen molar-refractivity contribution >= 4 is 11.5 Å². The van der Waals surface area contributed by atoms with Crippen molar-refractivity contribution in [3.8, 4) is 11.3 Å². The number of hydrogen-bond donors (Lipinski definition) is 1. The second-order valence-corrected chi connectivity index (χ2v) is 5.84. The molecule has 0 atom stereocenters. The van der Waals surface area contributed by atoms with E-state index in [2.05, 4.69) is 52.6 Å². The lowest BCUT2D eigenvalue weighted by Crippen LogP contribution is -2.09. The van der Waals surface area contributed by atoms with E-state index < -0.39 is 0 Å². The number of aryl methyl sites for hydroxylation is 1. The summed E-state index contributed by atoms with van der Waals surface area (Å²) in [4.78, 5) is 6.71. The molecule has 0 saturated carbocycles. The summed E-state index contributed by atoms with van der Waals surface area (Å²) in [6.07, 6.45) is 0. The van der Waals surface area contributed by atoms with Crippen LogP contribution in [0.3, 0.4) is 0 Å². The van der Waals surface area contributed by atoms with Gasteiger partial charge in [-0.25, -0.2) is 4.98 Å². The molecule has 0 aliphatic rings. The molecule has 1 aromatic heterocycles. The first-order valence-corrected chi connectivity index (χ1v) is 7.00. The van der Waals surface area contributed by atoms with Crippen molar-refractivity contribution in [2.24, 2.45) is 5.92 Å². The van der Waals surface area contributed by atoms with Crippen molar-refractivity contribution in [2.75, 3.05) is 24.7 Å². The van der Waals surface area contributed by atoms with Crippen LogP contribution in [0.4, 0.5) is 11.5 Å². The number of imidazole rings is 1. The third-order valence-corrected chi connectivity index (χ3v) is 3.40. The molecular weight excluding hydrogens is 248 g/mol. The average molecular weight is 272 g/mol. The number of nitrogens with two attached hydrogens (primary N) is 1. The Hall–Kier alpha value is -1.97. The summed E-state index contributed by atoms with van der Waals surface area (Å²) in [5.41, 5.74) is 9.40. The molecule has 4 heteroatoms. The van der Waals surface area contributed by atoms with Gasteiger partial charge in [-0.15, -0.1) is 0 Å². The van der Waals surface area contributed by atoms with Crippen LogP contribution in [0.2, 0.25) is 0 Å². The SMILES string of the molecule is Cc1nc(-c2ccc(N(C)C)cc2)c(N)n1CC(C)C. The first kappa shape index (κ1) is 14.4. The smallest absolute Gasteiger partial charge is 0.131 e. The Kier molecular flexibility index (Phi) is 4.02. The van der Waals surface area contributed by atoms with E-state index in [0.29, 0.717) is 5.92 Å². The lowest BCUT2D eigenvalue weighted by molar-refractivity contribution is 0.518. The van der Waals surface area contributed by atoms with Gasteiger partial charge in [0.05, 0.1) is 0 Å². The predicted octanol–water partition coefficient (Wildman–Crippen LogP) is 3.16. The van der Waals surface area contributed by atoms with Crippen molar-refractivity contribution in [3.63, 3.8) is 0 Å². The standard InChI is InChI=1S/C16H24N4/c1-11(2)10-20-12(3)18-15(16(20)17)13-6-8-14(9-7-13)19(4)5/h6-9,11H,10,17H2,1-5H3. The number of anilines is 2. The molecule has 2 N–H and O–H groups in total. The van der Waals surface area contributed by atoms with Gasteiger partial charge in [0.15, 0.2) is 0 Å². The average Bonchev–Trinajstić information content (AvgIpc) is 2.66. The van der Waals surface area contributed by atoms with Gasteiger partial charge in [-0.05, 0) is 25.0 Å². The highest BCUT2D eigenvalue weighted by Crippen LogP contribution is 2.28. The molecule has 0 fully saturated rings. The maximum absolute atomic E-state index is 6.27.